The van der Waals surface area contributed by atoms with E-state index in [4.69, 9.17) is 16.3 Å². The maximum atomic E-state index is 5.83. The van der Waals surface area contributed by atoms with Crippen molar-refractivity contribution >= 4 is 11.6 Å². The van der Waals surface area contributed by atoms with Crippen LogP contribution in [0.15, 0.2) is 48.5 Å². The van der Waals surface area contributed by atoms with Crippen LogP contribution in [0.2, 0.25) is 0 Å². The minimum Gasteiger partial charge on any atom is -0.457 e. The molecule has 0 aliphatic carbocycles. The topological polar surface area (TPSA) is 9.23 Å². The van der Waals surface area contributed by atoms with E-state index in [1.54, 1.807) is 0 Å². The van der Waals surface area contributed by atoms with Crippen LogP contribution in [0.4, 0.5) is 0 Å². The molecule has 2 rings (SSSR count). The van der Waals surface area contributed by atoms with Gasteiger partial charge in [-0.15, -0.1) is 11.6 Å². The first kappa shape index (κ1) is 13.0. The molecule has 0 saturated heterocycles. The summed E-state index contributed by atoms with van der Waals surface area (Å²) in [5.41, 5.74) is 2.38. The van der Waals surface area contributed by atoms with Crippen molar-refractivity contribution < 1.29 is 4.74 Å². The summed E-state index contributed by atoms with van der Waals surface area (Å²) >= 11 is 5.75. The van der Waals surface area contributed by atoms with Crippen molar-refractivity contribution in [2.24, 2.45) is 0 Å². The molecule has 2 aromatic rings. The van der Waals surface area contributed by atoms with Gasteiger partial charge in [0.2, 0.25) is 0 Å². The molecule has 1 nitrogen and oxygen atoms in total. The van der Waals surface area contributed by atoms with Gasteiger partial charge in [0.15, 0.2) is 0 Å². The standard InChI is InChI=1S/C16H17ClO/c1-12(2)14-4-3-5-16(10-14)18-15-8-6-13(11-17)7-9-15/h3-10,12H,11H2,1-2H3. The van der Waals surface area contributed by atoms with Crippen LogP contribution < -0.4 is 4.74 Å². The first-order valence-corrected chi connectivity index (χ1v) is 6.65. The molecule has 0 amide bonds. The lowest BCUT2D eigenvalue weighted by Crippen LogP contribution is -1.89. The quantitative estimate of drug-likeness (QED) is 0.674. The predicted molar refractivity (Wildman–Crippen MR) is 76.6 cm³/mol. The molecule has 0 aliphatic rings. The largest absolute Gasteiger partial charge is 0.457 e. The highest BCUT2D eigenvalue weighted by Gasteiger charge is 2.02. The van der Waals surface area contributed by atoms with Crippen LogP contribution in [0.3, 0.4) is 0 Å². The van der Waals surface area contributed by atoms with Crippen LogP contribution >= 0.6 is 11.6 Å². The number of benzene rings is 2. The molecule has 0 radical (unpaired) electrons. The lowest BCUT2D eigenvalue weighted by atomic mass is 10.0. The molecule has 0 aliphatic heterocycles. The first-order chi connectivity index (χ1) is 8.69. The molecule has 0 N–H and O–H groups in total. The second kappa shape index (κ2) is 5.92. The van der Waals surface area contributed by atoms with Gasteiger partial charge in [-0.2, -0.15) is 0 Å². The maximum absolute atomic E-state index is 5.83. The van der Waals surface area contributed by atoms with Crippen molar-refractivity contribution in [3.63, 3.8) is 0 Å². The van der Waals surface area contributed by atoms with Crippen molar-refractivity contribution in [2.75, 3.05) is 0 Å². The second-order valence-corrected chi connectivity index (χ2v) is 4.87. The Hall–Kier alpha value is -1.47. The zero-order chi connectivity index (χ0) is 13.0. The number of hydrogen-bond acceptors (Lipinski definition) is 1. The molecule has 0 saturated carbocycles. The van der Waals surface area contributed by atoms with Gasteiger partial charge in [0.05, 0.1) is 0 Å². The minimum absolute atomic E-state index is 0.507. The van der Waals surface area contributed by atoms with E-state index in [-0.39, 0.29) is 0 Å². The van der Waals surface area contributed by atoms with Crippen LogP contribution in [0, 0.1) is 0 Å². The number of rotatable bonds is 4. The fourth-order valence-electron chi connectivity index (χ4n) is 1.72. The Kier molecular flexibility index (Phi) is 4.27. The van der Waals surface area contributed by atoms with Crippen LogP contribution in [0.5, 0.6) is 11.5 Å². The van der Waals surface area contributed by atoms with E-state index in [2.05, 4.69) is 26.0 Å². The summed E-state index contributed by atoms with van der Waals surface area (Å²) < 4.78 is 5.83. The van der Waals surface area contributed by atoms with Gasteiger partial charge < -0.3 is 4.74 Å². The van der Waals surface area contributed by atoms with E-state index in [1.807, 2.05) is 36.4 Å². The predicted octanol–water partition coefficient (Wildman–Crippen LogP) is 5.34. The Bertz CT molecular complexity index is 503. The van der Waals surface area contributed by atoms with Crippen LogP contribution in [0.25, 0.3) is 0 Å². The highest BCUT2D eigenvalue weighted by Crippen LogP contribution is 2.25. The van der Waals surface area contributed by atoms with Crippen LogP contribution in [-0.4, -0.2) is 0 Å². The fraction of sp³-hybridized carbons (Fsp3) is 0.250. The first-order valence-electron chi connectivity index (χ1n) is 6.12. The smallest absolute Gasteiger partial charge is 0.127 e. The number of hydrogen-bond donors (Lipinski definition) is 0. The van der Waals surface area contributed by atoms with E-state index in [9.17, 15) is 0 Å². The highest BCUT2D eigenvalue weighted by molar-refractivity contribution is 6.17. The zero-order valence-electron chi connectivity index (χ0n) is 10.7. The third kappa shape index (κ3) is 3.27. The molecule has 2 heteroatoms. The Morgan fingerprint density at radius 2 is 1.72 bits per heavy atom. The van der Waals surface area contributed by atoms with Crippen molar-refractivity contribution in [2.45, 2.75) is 25.6 Å². The average Bonchev–Trinajstić information content (AvgIpc) is 2.40. The van der Waals surface area contributed by atoms with Gasteiger partial charge >= 0.3 is 0 Å². The molecule has 0 atom stereocenters. The summed E-state index contributed by atoms with van der Waals surface area (Å²) in [4.78, 5) is 0. The Morgan fingerprint density at radius 3 is 2.33 bits per heavy atom. The molecule has 0 fully saturated rings. The fourth-order valence-corrected chi connectivity index (χ4v) is 1.90. The van der Waals surface area contributed by atoms with Gasteiger partial charge in [-0.3, -0.25) is 0 Å². The summed E-state index contributed by atoms with van der Waals surface area (Å²) in [6, 6.07) is 16.1. The van der Waals surface area contributed by atoms with Crippen molar-refractivity contribution in [3.8, 4) is 11.5 Å². The number of alkyl halides is 1. The third-order valence-electron chi connectivity index (χ3n) is 2.84. The van der Waals surface area contributed by atoms with Gasteiger partial charge in [0, 0.05) is 5.88 Å². The van der Waals surface area contributed by atoms with E-state index in [0.29, 0.717) is 11.8 Å². The minimum atomic E-state index is 0.507. The van der Waals surface area contributed by atoms with Crippen molar-refractivity contribution in [3.05, 3.63) is 59.7 Å². The molecule has 0 aromatic heterocycles. The summed E-state index contributed by atoms with van der Waals surface area (Å²) in [7, 11) is 0. The summed E-state index contributed by atoms with van der Waals surface area (Å²) in [6.07, 6.45) is 0. The summed E-state index contributed by atoms with van der Waals surface area (Å²) in [6.45, 7) is 4.35. The molecular weight excluding hydrogens is 244 g/mol. The van der Waals surface area contributed by atoms with Gasteiger partial charge in [-0.05, 0) is 41.3 Å². The normalized spacial score (nSPS) is 10.7. The van der Waals surface area contributed by atoms with E-state index < -0.39 is 0 Å². The van der Waals surface area contributed by atoms with E-state index in [1.165, 1.54) is 5.56 Å². The van der Waals surface area contributed by atoms with Crippen LogP contribution in [-0.2, 0) is 5.88 Å². The van der Waals surface area contributed by atoms with Crippen molar-refractivity contribution in [1.82, 2.24) is 0 Å². The molecule has 0 bridgehead atoms. The zero-order valence-corrected chi connectivity index (χ0v) is 11.4. The summed E-state index contributed by atoms with van der Waals surface area (Å²) in [5.74, 6) is 2.75. The molecule has 2 aromatic carbocycles. The summed E-state index contributed by atoms with van der Waals surface area (Å²) in [5, 5.41) is 0. The Morgan fingerprint density at radius 1 is 1.00 bits per heavy atom. The van der Waals surface area contributed by atoms with Gasteiger partial charge in [0.1, 0.15) is 11.5 Å². The SMILES string of the molecule is CC(C)c1cccc(Oc2ccc(CCl)cc2)c1. The third-order valence-corrected chi connectivity index (χ3v) is 3.15. The van der Waals surface area contributed by atoms with E-state index in [0.717, 1.165) is 17.1 Å². The molecule has 0 heterocycles. The van der Waals surface area contributed by atoms with E-state index >= 15 is 0 Å². The maximum Gasteiger partial charge on any atom is 0.127 e. The average molecular weight is 261 g/mol. The van der Waals surface area contributed by atoms with Crippen LogP contribution in [0.1, 0.15) is 30.9 Å². The Balaban J connectivity index is 2.15. The molecule has 94 valence electrons. The van der Waals surface area contributed by atoms with Gasteiger partial charge in [-0.1, -0.05) is 38.1 Å². The lowest BCUT2D eigenvalue weighted by molar-refractivity contribution is 0.481. The molecular formula is C16H17ClO. The highest BCUT2D eigenvalue weighted by atomic mass is 35.5. The number of ether oxygens (including phenoxy) is 1. The molecule has 18 heavy (non-hydrogen) atoms. The number of halogens is 1. The van der Waals surface area contributed by atoms with Gasteiger partial charge in [0.25, 0.3) is 0 Å². The lowest BCUT2D eigenvalue weighted by Gasteiger charge is -2.10. The molecule has 0 unspecified atom stereocenters. The monoisotopic (exact) mass is 260 g/mol. The Labute approximate surface area is 113 Å². The molecule has 0 spiro atoms. The second-order valence-electron chi connectivity index (χ2n) is 4.61. The van der Waals surface area contributed by atoms with Crippen molar-refractivity contribution in [1.29, 1.82) is 0 Å². The van der Waals surface area contributed by atoms with Gasteiger partial charge in [-0.25, -0.2) is 0 Å².